The molecule has 0 radical (unpaired) electrons. The molecular formula is C20H34N2. The standard InChI is InChI=1S/C20H34N2/c1-21(2)11-12-22-13-19-17-9-5-3-7-15(17)16-8-4-6-10-18(16)20(19)14-22/h17-20H,3-14H2,1-2H3/t17-,18-,19-,20-/m0/s1. The van der Waals surface area contributed by atoms with E-state index in [0.717, 1.165) is 23.7 Å². The van der Waals surface area contributed by atoms with E-state index in [1.165, 1.54) is 77.5 Å². The highest BCUT2D eigenvalue weighted by atomic mass is 15.2. The van der Waals surface area contributed by atoms with Crippen molar-refractivity contribution in [3.63, 3.8) is 0 Å². The highest BCUT2D eigenvalue weighted by molar-refractivity contribution is 5.29. The average Bonchev–Trinajstić information content (AvgIpc) is 2.98. The van der Waals surface area contributed by atoms with Gasteiger partial charge in [-0.3, -0.25) is 0 Å². The fourth-order valence-corrected chi connectivity index (χ4v) is 6.14. The molecule has 0 spiro atoms. The van der Waals surface area contributed by atoms with Gasteiger partial charge in [0.1, 0.15) is 0 Å². The van der Waals surface area contributed by atoms with Crippen LogP contribution in [-0.4, -0.2) is 50.1 Å². The van der Waals surface area contributed by atoms with Gasteiger partial charge in [0.05, 0.1) is 0 Å². The number of allylic oxidation sites excluding steroid dienone is 2. The predicted octanol–water partition coefficient (Wildman–Crippen LogP) is 3.79. The van der Waals surface area contributed by atoms with Crippen LogP contribution in [0.5, 0.6) is 0 Å². The van der Waals surface area contributed by atoms with Crippen molar-refractivity contribution in [3.05, 3.63) is 11.1 Å². The summed E-state index contributed by atoms with van der Waals surface area (Å²) in [7, 11) is 4.42. The topological polar surface area (TPSA) is 6.48 Å². The van der Waals surface area contributed by atoms with E-state index in [1.807, 2.05) is 11.1 Å². The Morgan fingerprint density at radius 1 is 0.864 bits per heavy atom. The van der Waals surface area contributed by atoms with Crippen molar-refractivity contribution in [3.8, 4) is 0 Å². The lowest BCUT2D eigenvalue weighted by Crippen LogP contribution is -2.38. The third kappa shape index (κ3) is 2.67. The summed E-state index contributed by atoms with van der Waals surface area (Å²) in [6.45, 7) is 5.30. The second kappa shape index (κ2) is 6.28. The molecule has 4 aliphatic rings. The van der Waals surface area contributed by atoms with Gasteiger partial charge in [-0.1, -0.05) is 24.0 Å². The Hall–Kier alpha value is -0.340. The summed E-state index contributed by atoms with van der Waals surface area (Å²) in [5.74, 6) is 3.97. The quantitative estimate of drug-likeness (QED) is 0.732. The van der Waals surface area contributed by atoms with Crippen molar-refractivity contribution in [2.75, 3.05) is 40.3 Å². The number of nitrogens with zero attached hydrogens (tertiary/aromatic N) is 2. The molecule has 22 heavy (non-hydrogen) atoms. The third-order valence-electron chi connectivity index (χ3n) is 7.12. The molecule has 0 aromatic heterocycles. The number of fused-ring (bicyclic) bond motifs is 5. The Kier molecular flexibility index (Phi) is 4.34. The summed E-state index contributed by atoms with van der Waals surface area (Å²) in [6.07, 6.45) is 11.9. The maximum Gasteiger partial charge on any atom is 0.0109 e. The van der Waals surface area contributed by atoms with Crippen molar-refractivity contribution in [2.24, 2.45) is 23.7 Å². The second-order valence-electron chi connectivity index (χ2n) is 8.65. The fourth-order valence-electron chi connectivity index (χ4n) is 6.14. The molecule has 4 rings (SSSR count). The van der Waals surface area contributed by atoms with Crippen LogP contribution < -0.4 is 0 Å². The van der Waals surface area contributed by atoms with E-state index in [-0.39, 0.29) is 0 Å². The molecule has 0 aromatic rings. The second-order valence-corrected chi connectivity index (χ2v) is 8.65. The van der Waals surface area contributed by atoms with Gasteiger partial charge in [-0.05, 0) is 76.3 Å². The highest BCUT2D eigenvalue weighted by Crippen LogP contribution is 2.54. The first-order valence-electron chi connectivity index (χ1n) is 9.83. The molecule has 0 aromatic carbocycles. The predicted molar refractivity (Wildman–Crippen MR) is 92.9 cm³/mol. The van der Waals surface area contributed by atoms with E-state index in [9.17, 15) is 0 Å². The summed E-state index contributed by atoms with van der Waals surface area (Å²) in [4.78, 5) is 5.15. The van der Waals surface area contributed by atoms with Crippen LogP contribution in [0, 0.1) is 23.7 Å². The smallest absolute Gasteiger partial charge is 0.0109 e. The Balaban J connectivity index is 1.55. The zero-order valence-corrected chi connectivity index (χ0v) is 14.7. The summed E-state index contributed by atoms with van der Waals surface area (Å²) < 4.78 is 0. The number of rotatable bonds is 3. The van der Waals surface area contributed by atoms with Gasteiger partial charge in [-0.25, -0.2) is 0 Å². The Labute approximate surface area is 136 Å². The van der Waals surface area contributed by atoms with E-state index in [1.54, 1.807) is 0 Å². The summed E-state index contributed by atoms with van der Waals surface area (Å²) in [5, 5.41) is 0. The minimum Gasteiger partial charge on any atom is -0.308 e. The first-order valence-corrected chi connectivity index (χ1v) is 9.83. The van der Waals surface area contributed by atoms with E-state index < -0.39 is 0 Å². The number of hydrogen-bond acceptors (Lipinski definition) is 2. The lowest BCUT2D eigenvalue weighted by atomic mass is 9.58. The molecule has 0 unspecified atom stereocenters. The molecule has 1 saturated heterocycles. The van der Waals surface area contributed by atoms with Crippen molar-refractivity contribution in [2.45, 2.75) is 51.4 Å². The molecular weight excluding hydrogens is 268 g/mol. The molecule has 1 aliphatic heterocycles. The maximum atomic E-state index is 2.80. The zero-order chi connectivity index (χ0) is 15.1. The normalized spacial score (nSPS) is 38.9. The lowest BCUT2D eigenvalue weighted by molar-refractivity contribution is 0.174. The molecule has 4 atom stereocenters. The van der Waals surface area contributed by atoms with Gasteiger partial charge < -0.3 is 9.80 Å². The monoisotopic (exact) mass is 302 g/mol. The van der Waals surface area contributed by atoms with Crippen LogP contribution in [0.4, 0.5) is 0 Å². The third-order valence-corrected chi connectivity index (χ3v) is 7.12. The highest BCUT2D eigenvalue weighted by Gasteiger charge is 2.48. The molecule has 0 amide bonds. The minimum absolute atomic E-state index is 0.979. The molecule has 3 fully saturated rings. The molecule has 2 nitrogen and oxygen atoms in total. The summed E-state index contributed by atoms with van der Waals surface area (Å²) in [6, 6.07) is 0. The van der Waals surface area contributed by atoms with Crippen LogP contribution in [0.2, 0.25) is 0 Å². The fraction of sp³-hybridized carbons (Fsp3) is 0.900. The van der Waals surface area contributed by atoms with Gasteiger partial charge in [0, 0.05) is 26.2 Å². The molecule has 0 N–H and O–H groups in total. The molecule has 2 heteroatoms. The molecule has 0 bridgehead atoms. The molecule has 2 saturated carbocycles. The largest absolute Gasteiger partial charge is 0.308 e. The van der Waals surface area contributed by atoms with Gasteiger partial charge in [0.2, 0.25) is 0 Å². The van der Waals surface area contributed by atoms with Crippen molar-refractivity contribution >= 4 is 0 Å². The van der Waals surface area contributed by atoms with Crippen molar-refractivity contribution in [1.82, 2.24) is 9.80 Å². The van der Waals surface area contributed by atoms with Gasteiger partial charge in [0.25, 0.3) is 0 Å². The number of likely N-dealkylation sites (tertiary alicyclic amines) is 1. The van der Waals surface area contributed by atoms with Gasteiger partial charge in [0.15, 0.2) is 0 Å². The minimum atomic E-state index is 0.979. The van der Waals surface area contributed by atoms with E-state index >= 15 is 0 Å². The summed E-state index contributed by atoms with van der Waals surface area (Å²) in [5.41, 5.74) is 3.96. The van der Waals surface area contributed by atoms with Crippen LogP contribution in [0.3, 0.4) is 0 Å². The van der Waals surface area contributed by atoms with Crippen molar-refractivity contribution < 1.29 is 0 Å². The SMILES string of the molecule is CN(C)CCN1C[C@@H]2[C@@H](C1)[C@H]1CCCCC1=C1CCCC[C@@H]12. The maximum absolute atomic E-state index is 2.80. The van der Waals surface area contributed by atoms with Crippen LogP contribution in [0.15, 0.2) is 11.1 Å². The van der Waals surface area contributed by atoms with Gasteiger partial charge in [-0.2, -0.15) is 0 Å². The molecule has 124 valence electrons. The zero-order valence-electron chi connectivity index (χ0n) is 14.7. The summed E-state index contributed by atoms with van der Waals surface area (Å²) >= 11 is 0. The lowest BCUT2D eigenvalue weighted by Gasteiger charge is -2.46. The average molecular weight is 303 g/mol. The van der Waals surface area contributed by atoms with Crippen LogP contribution in [0.1, 0.15) is 51.4 Å². The molecule has 3 aliphatic carbocycles. The first kappa shape index (κ1) is 15.2. The Morgan fingerprint density at radius 3 is 1.91 bits per heavy atom. The van der Waals surface area contributed by atoms with Gasteiger partial charge in [-0.15, -0.1) is 0 Å². The Morgan fingerprint density at radius 2 is 1.41 bits per heavy atom. The van der Waals surface area contributed by atoms with Crippen LogP contribution in [0.25, 0.3) is 0 Å². The van der Waals surface area contributed by atoms with E-state index in [2.05, 4.69) is 23.9 Å². The van der Waals surface area contributed by atoms with Gasteiger partial charge >= 0.3 is 0 Å². The number of likely N-dealkylation sites (N-methyl/N-ethyl adjacent to an activating group) is 1. The van der Waals surface area contributed by atoms with E-state index in [4.69, 9.17) is 0 Å². The molecule has 1 heterocycles. The Bertz CT molecular complexity index is 405. The van der Waals surface area contributed by atoms with Crippen molar-refractivity contribution in [1.29, 1.82) is 0 Å². The van der Waals surface area contributed by atoms with Crippen LogP contribution >= 0.6 is 0 Å². The number of hydrogen-bond donors (Lipinski definition) is 0. The van der Waals surface area contributed by atoms with E-state index in [0.29, 0.717) is 0 Å². The van der Waals surface area contributed by atoms with Crippen LogP contribution in [-0.2, 0) is 0 Å². The first-order chi connectivity index (χ1) is 10.7.